The van der Waals surface area contributed by atoms with Gasteiger partial charge in [-0.2, -0.15) is 0 Å². The molecule has 1 fully saturated rings. The molecule has 1 aromatic heterocycles. The molecular weight excluding hydrogens is 464 g/mol. The zero-order valence-corrected chi connectivity index (χ0v) is 21.2. The van der Waals surface area contributed by atoms with E-state index >= 15 is 0 Å². The molecule has 3 amide bonds. The highest BCUT2D eigenvalue weighted by Crippen LogP contribution is 2.34. The van der Waals surface area contributed by atoms with Gasteiger partial charge < -0.3 is 14.4 Å². The largest absolute Gasteiger partial charge is 0.491 e. The summed E-state index contributed by atoms with van der Waals surface area (Å²) in [5.74, 6) is 1.73. The predicted octanol–water partition coefficient (Wildman–Crippen LogP) is 5.87. The Morgan fingerprint density at radius 1 is 1.11 bits per heavy atom. The molecule has 1 heterocycles. The molecule has 4 rings (SSSR count). The highest BCUT2D eigenvalue weighted by molar-refractivity contribution is 7.13. The number of thiazole rings is 1. The highest BCUT2D eigenvalue weighted by atomic mass is 32.1. The normalized spacial score (nSPS) is 12.8. The van der Waals surface area contributed by atoms with Gasteiger partial charge in [-0.05, 0) is 75.1 Å². The lowest BCUT2D eigenvalue weighted by Gasteiger charge is -2.26. The number of rotatable bonds is 9. The molecule has 1 aliphatic carbocycles. The van der Waals surface area contributed by atoms with Gasteiger partial charge in [0.05, 0.1) is 11.7 Å². The Bertz CT molecular complexity index is 1160. The molecule has 2 aromatic carbocycles. The number of nitrogens with zero attached hydrogens (tertiary/aromatic N) is 3. The van der Waals surface area contributed by atoms with Gasteiger partial charge in [-0.1, -0.05) is 0 Å². The summed E-state index contributed by atoms with van der Waals surface area (Å²) in [6, 6.07) is 12.5. The summed E-state index contributed by atoms with van der Waals surface area (Å²) in [5.41, 5.74) is 1.14. The molecule has 0 spiro atoms. The van der Waals surface area contributed by atoms with E-state index in [0.717, 1.165) is 18.5 Å². The van der Waals surface area contributed by atoms with Crippen molar-refractivity contribution in [1.29, 1.82) is 0 Å². The van der Waals surface area contributed by atoms with E-state index in [1.165, 1.54) is 11.3 Å². The number of carbonyl (C=O) groups excluding carboxylic acids is 2. The molecule has 0 unspecified atom stereocenters. The number of nitrogens with one attached hydrogen (secondary N) is 1. The van der Waals surface area contributed by atoms with E-state index in [2.05, 4.69) is 10.3 Å². The van der Waals surface area contributed by atoms with Crippen LogP contribution >= 0.6 is 11.3 Å². The third-order valence-corrected chi connectivity index (χ3v) is 6.04. The number of ether oxygens (including phenoxy) is 2. The monoisotopic (exact) mass is 494 g/mol. The lowest BCUT2D eigenvalue weighted by Crippen LogP contribution is -2.40. The molecule has 0 radical (unpaired) electrons. The van der Waals surface area contributed by atoms with E-state index < -0.39 is 0 Å². The first kappa shape index (κ1) is 24.5. The van der Waals surface area contributed by atoms with Crippen molar-refractivity contribution in [3.63, 3.8) is 0 Å². The minimum Gasteiger partial charge on any atom is -0.491 e. The Kier molecular flexibility index (Phi) is 7.55. The average molecular weight is 495 g/mol. The van der Waals surface area contributed by atoms with Crippen LogP contribution in [-0.2, 0) is 0 Å². The number of urea groups is 1. The van der Waals surface area contributed by atoms with E-state index in [1.807, 2.05) is 26.0 Å². The van der Waals surface area contributed by atoms with Crippen LogP contribution < -0.4 is 19.7 Å². The van der Waals surface area contributed by atoms with Gasteiger partial charge in [0.1, 0.15) is 17.2 Å². The second-order valence-electron chi connectivity index (χ2n) is 8.94. The van der Waals surface area contributed by atoms with Gasteiger partial charge in [0.2, 0.25) is 0 Å². The first-order chi connectivity index (χ1) is 16.8. The summed E-state index contributed by atoms with van der Waals surface area (Å²) < 4.78 is 11.9. The van der Waals surface area contributed by atoms with Gasteiger partial charge in [0.15, 0.2) is 5.13 Å². The van der Waals surface area contributed by atoms with Crippen LogP contribution in [0, 0.1) is 5.92 Å². The summed E-state index contributed by atoms with van der Waals surface area (Å²) >= 11 is 1.34. The maximum Gasteiger partial charge on any atom is 0.323 e. The Hall–Kier alpha value is -3.59. The van der Waals surface area contributed by atoms with Crippen LogP contribution in [-0.4, -0.2) is 48.6 Å². The van der Waals surface area contributed by atoms with E-state index in [4.69, 9.17) is 9.47 Å². The van der Waals surface area contributed by atoms with Gasteiger partial charge >= 0.3 is 6.03 Å². The Balaban J connectivity index is 1.56. The predicted molar refractivity (Wildman–Crippen MR) is 138 cm³/mol. The number of amides is 3. The fourth-order valence-electron chi connectivity index (χ4n) is 3.49. The first-order valence-electron chi connectivity index (χ1n) is 11.6. The van der Waals surface area contributed by atoms with E-state index in [9.17, 15) is 9.59 Å². The Morgan fingerprint density at radius 2 is 1.83 bits per heavy atom. The summed E-state index contributed by atoms with van der Waals surface area (Å²) in [4.78, 5) is 33.2. The van der Waals surface area contributed by atoms with Crippen LogP contribution in [0.25, 0.3) is 0 Å². The molecule has 184 valence electrons. The number of anilines is 2. The molecule has 9 heteroatoms. The zero-order chi connectivity index (χ0) is 24.9. The van der Waals surface area contributed by atoms with Gasteiger partial charge in [-0.15, -0.1) is 11.3 Å². The lowest BCUT2D eigenvalue weighted by molar-refractivity contribution is 0.102. The summed E-state index contributed by atoms with van der Waals surface area (Å²) in [7, 11) is 3.51. The lowest BCUT2D eigenvalue weighted by atomic mass is 10.1. The molecule has 1 N–H and O–H groups in total. The van der Waals surface area contributed by atoms with Gasteiger partial charge in [-0.25, -0.2) is 9.78 Å². The third kappa shape index (κ3) is 6.51. The molecule has 0 aliphatic heterocycles. The standard InChI is InChI=1S/C26H30N4O4S/c1-17(2)33-21-11-12-23(22(15-21)24(31)28-25-27-13-14-35-25)34-20-9-7-19(8-10-20)30(16-18-5-6-18)26(32)29(3)4/h7-15,17-18H,5-6,16H2,1-4H3,(H,27,28,31). The Morgan fingerprint density at radius 3 is 2.43 bits per heavy atom. The second kappa shape index (κ2) is 10.8. The SMILES string of the molecule is CC(C)Oc1ccc(Oc2ccc(N(CC3CC3)C(=O)N(C)C)cc2)c(C(=O)Nc2nccs2)c1. The summed E-state index contributed by atoms with van der Waals surface area (Å²) in [6.07, 6.45) is 3.90. The van der Waals surface area contributed by atoms with Crippen molar-refractivity contribution in [1.82, 2.24) is 9.88 Å². The molecule has 0 bridgehead atoms. The van der Waals surface area contributed by atoms with Crippen LogP contribution in [0.15, 0.2) is 54.0 Å². The smallest absolute Gasteiger partial charge is 0.323 e. The van der Waals surface area contributed by atoms with Crippen LogP contribution in [0.5, 0.6) is 17.2 Å². The molecule has 1 saturated carbocycles. The molecule has 8 nitrogen and oxygen atoms in total. The van der Waals surface area contributed by atoms with E-state index in [1.54, 1.807) is 65.8 Å². The van der Waals surface area contributed by atoms with Crippen molar-refractivity contribution < 1.29 is 19.1 Å². The third-order valence-electron chi connectivity index (χ3n) is 5.35. The zero-order valence-electron chi connectivity index (χ0n) is 20.4. The fraction of sp³-hybridized carbons (Fsp3) is 0.346. The van der Waals surface area contributed by atoms with E-state index in [0.29, 0.717) is 40.4 Å². The van der Waals surface area contributed by atoms with E-state index in [-0.39, 0.29) is 18.0 Å². The second-order valence-corrected chi connectivity index (χ2v) is 9.84. The van der Waals surface area contributed by atoms with Crippen molar-refractivity contribution in [2.75, 3.05) is 30.9 Å². The number of carbonyl (C=O) groups is 2. The maximum atomic E-state index is 13.0. The number of hydrogen-bond donors (Lipinski definition) is 1. The van der Waals surface area contributed by atoms with Crippen LogP contribution in [0.3, 0.4) is 0 Å². The minimum atomic E-state index is -0.340. The van der Waals surface area contributed by atoms with Crippen molar-refractivity contribution in [2.24, 2.45) is 5.92 Å². The summed E-state index contributed by atoms with van der Waals surface area (Å²) in [5, 5.41) is 5.09. The molecule has 0 atom stereocenters. The summed E-state index contributed by atoms with van der Waals surface area (Å²) in [6.45, 7) is 4.55. The highest BCUT2D eigenvalue weighted by Gasteiger charge is 2.28. The number of hydrogen-bond acceptors (Lipinski definition) is 6. The molecule has 3 aromatic rings. The Labute approximate surface area is 209 Å². The van der Waals surface area contributed by atoms with Crippen molar-refractivity contribution in [2.45, 2.75) is 32.8 Å². The maximum absolute atomic E-state index is 13.0. The minimum absolute atomic E-state index is 0.0346. The van der Waals surface area contributed by atoms with Gasteiger partial charge in [0, 0.05) is 37.9 Å². The molecule has 35 heavy (non-hydrogen) atoms. The number of aromatic nitrogens is 1. The van der Waals surface area contributed by atoms with Crippen LogP contribution in [0.2, 0.25) is 0 Å². The van der Waals surface area contributed by atoms with Crippen molar-refractivity contribution >= 4 is 34.1 Å². The quantitative estimate of drug-likeness (QED) is 0.402. The van der Waals surface area contributed by atoms with Gasteiger partial charge in [0.25, 0.3) is 5.91 Å². The van der Waals surface area contributed by atoms with Crippen LogP contribution in [0.4, 0.5) is 15.6 Å². The average Bonchev–Trinajstić information content (AvgIpc) is 3.51. The van der Waals surface area contributed by atoms with Crippen LogP contribution in [0.1, 0.15) is 37.0 Å². The van der Waals surface area contributed by atoms with Gasteiger partial charge in [-0.3, -0.25) is 15.0 Å². The van der Waals surface area contributed by atoms with Crippen molar-refractivity contribution in [3.8, 4) is 17.2 Å². The molecular formula is C26H30N4O4S. The molecule has 0 saturated heterocycles. The fourth-order valence-corrected chi connectivity index (χ4v) is 4.01. The number of benzene rings is 2. The first-order valence-corrected chi connectivity index (χ1v) is 12.5. The molecule has 1 aliphatic rings. The van der Waals surface area contributed by atoms with Crippen molar-refractivity contribution in [3.05, 3.63) is 59.6 Å². The topological polar surface area (TPSA) is 84.0 Å².